The summed E-state index contributed by atoms with van der Waals surface area (Å²) in [5.41, 5.74) is 1.93. The highest BCUT2D eigenvalue weighted by molar-refractivity contribution is 7.53. The molecule has 0 unspecified atom stereocenters. The molecule has 0 atom stereocenters. The monoisotopic (exact) mass is 744 g/mol. The first-order valence-corrected chi connectivity index (χ1v) is 21.0. The first kappa shape index (κ1) is 45.2. The highest BCUT2D eigenvalue weighted by Crippen LogP contribution is 2.43. The van der Waals surface area contributed by atoms with Gasteiger partial charge in [0.2, 0.25) is 0 Å². The number of ether oxygens (including phenoxy) is 2. The summed E-state index contributed by atoms with van der Waals surface area (Å²) in [5, 5.41) is 6.60. The molecule has 1 fully saturated rings. The van der Waals surface area contributed by atoms with Gasteiger partial charge in [0, 0.05) is 65.7 Å². The Morgan fingerprint density at radius 2 is 0.840 bits per heavy atom. The molecule has 2 N–H and O–H groups in total. The Morgan fingerprint density at radius 1 is 0.560 bits per heavy atom. The summed E-state index contributed by atoms with van der Waals surface area (Å²) in [6.45, 7) is 17.0. The van der Waals surface area contributed by atoms with Crippen molar-refractivity contribution in [1.82, 2.24) is 20.4 Å². The minimum atomic E-state index is -2.69. The van der Waals surface area contributed by atoms with Gasteiger partial charge < -0.3 is 48.0 Å². The van der Waals surface area contributed by atoms with E-state index in [1.165, 1.54) is 13.3 Å². The van der Waals surface area contributed by atoms with Crippen molar-refractivity contribution in [3.63, 3.8) is 0 Å². The molecule has 16 heteroatoms. The summed E-state index contributed by atoms with van der Waals surface area (Å²) >= 11 is 0. The predicted molar refractivity (Wildman–Crippen MR) is 196 cm³/mol. The van der Waals surface area contributed by atoms with E-state index in [1.807, 2.05) is 60.7 Å². The summed E-state index contributed by atoms with van der Waals surface area (Å²) in [7, 11) is -5.39. The Hall–Kier alpha value is -2.80. The minimum Gasteiger partial charge on any atom is -0.445 e. The van der Waals surface area contributed by atoms with Crippen molar-refractivity contribution in [2.45, 2.75) is 40.9 Å². The second kappa shape index (κ2) is 26.9. The van der Waals surface area contributed by atoms with E-state index in [9.17, 15) is 18.7 Å². The molecule has 0 radical (unpaired) electrons. The highest BCUT2D eigenvalue weighted by Gasteiger charge is 2.18. The molecular weight excluding hydrogens is 686 g/mol. The predicted octanol–water partition coefficient (Wildman–Crippen LogP) is 6.22. The Morgan fingerprint density at radius 3 is 1.10 bits per heavy atom. The van der Waals surface area contributed by atoms with Crippen LogP contribution in [0.5, 0.6) is 0 Å². The lowest BCUT2D eigenvalue weighted by atomic mass is 10.2. The molecule has 2 amide bonds. The molecule has 2 aromatic carbocycles. The second-order valence-electron chi connectivity index (χ2n) is 10.8. The van der Waals surface area contributed by atoms with Crippen LogP contribution in [0.25, 0.3) is 0 Å². The van der Waals surface area contributed by atoms with Gasteiger partial charge in [-0.25, -0.2) is 9.59 Å². The lowest BCUT2D eigenvalue weighted by Crippen LogP contribution is -2.46. The van der Waals surface area contributed by atoms with Crippen molar-refractivity contribution in [2.24, 2.45) is 0 Å². The van der Waals surface area contributed by atoms with E-state index in [1.54, 1.807) is 37.5 Å². The summed E-state index contributed by atoms with van der Waals surface area (Å²) in [5.74, 6) is 0. The molecule has 0 saturated carbocycles. The molecule has 1 aliphatic rings. The first-order chi connectivity index (χ1) is 24.0. The third-order valence-electron chi connectivity index (χ3n) is 6.62. The maximum Gasteiger partial charge on any atom is 0.410 e. The Bertz CT molecular complexity index is 1150. The summed E-state index contributed by atoms with van der Waals surface area (Å²) in [4.78, 5) is 28.4. The molecule has 0 aliphatic carbocycles. The van der Waals surface area contributed by atoms with Crippen molar-refractivity contribution in [3.8, 4) is 0 Å². The largest absolute Gasteiger partial charge is 0.445 e. The van der Waals surface area contributed by atoms with Crippen LogP contribution in [0.15, 0.2) is 60.7 Å². The third kappa shape index (κ3) is 22.1. The maximum absolute atomic E-state index is 12.5. The standard InChI is InChI=1S/C24H32N4O4.2C5H13O3P/c29-23(31-19-21-7-3-1-4-8-21)27-15-11-25-13-17-28(18-14-26-12-16-27)24(30)32-20-22-9-5-2-6-10-22;2*1-4-7-9(3,6)8-5-2/h1-10,25-26H,11-20H2;2*4-5H2,1-3H3. The van der Waals surface area contributed by atoms with Gasteiger partial charge in [0.05, 0.1) is 26.4 Å². The molecule has 0 aromatic heterocycles. The zero-order chi connectivity index (χ0) is 37.1. The van der Waals surface area contributed by atoms with Crippen molar-refractivity contribution in [3.05, 3.63) is 71.8 Å². The van der Waals surface area contributed by atoms with Crippen molar-refractivity contribution in [1.29, 1.82) is 0 Å². The molecule has 1 saturated heterocycles. The average Bonchev–Trinajstić information content (AvgIpc) is 3.08. The number of hydrogen-bond acceptors (Lipinski definition) is 12. The topological polar surface area (TPSA) is 154 Å². The van der Waals surface area contributed by atoms with Gasteiger partial charge in [0.15, 0.2) is 0 Å². The van der Waals surface area contributed by atoms with Gasteiger partial charge in [-0.3, -0.25) is 9.13 Å². The summed E-state index contributed by atoms with van der Waals surface area (Å²) in [6, 6.07) is 19.3. The van der Waals surface area contributed by atoms with Crippen LogP contribution in [0, 0.1) is 0 Å². The van der Waals surface area contributed by atoms with E-state index >= 15 is 0 Å². The Balaban J connectivity index is 0.000000570. The van der Waals surface area contributed by atoms with Crippen LogP contribution in [0.2, 0.25) is 0 Å². The molecule has 1 aliphatic heterocycles. The number of nitrogens with one attached hydrogen (secondary N) is 2. The zero-order valence-electron chi connectivity index (χ0n) is 30.5. The molecule has 3 rings (SSSR count). The third-order valence-corrected chi connectivity index (χ3v) is 9.52. The summed E-state index contributed by atoms with van der Waals surface area (Å²) < 4.78 is 52.1. The Labute approximate surface area is 298 Å². The zero-order valence-corrected chi connectivity index (χ0v) is 32.3. The van der Waals surface area contributed by atoms with Crippen molar-refractivity contribution >= 4 is 27.4 Å². The summed E-state index contributed by atoms with van der Waals surface area (Å²) in [6.07, 6.45) is -0.638. The van der Waals surface area contributed by atoms with Crippen molar-refractivity contribution in [2.75, 3.05) is 92.1 Å². The van der Waals surface area contributed by atoms with E-state index in [0.717, 1.165) is 11.1 Å². The van der Waals surface area contributed by atoms with Gasteiger partial charge in [0.1, 0.15) is 13.2 Å². The molecule has 284 valence electrons. The van der Waals surface area contributed by atoms with Gasteiger partial charge in [0.25, 0.3) is 0 Å². The van der Waals surface area contributed by atoms with Crippen LogP contribution in [-0.2, 0) is 49.9 Å². The highest BCUT2D eigenvalue weighted by atomic mass is 31.2. The van der Waals surface area contributed by atoms with Crippen LogP contribution in [0.1, 0.15) is 38.8 Å². The van der Waals surface area contributed by atoms with E-state index in [4.69, 9.17) is 27.6 Å². The fourth-order valence-electron chi connectivity index (χ4n) is 4.33. The number of carbonyl (C=O) groups is 2. The molecule has 1 heterocycles. The average molecular weight is 745 g/mol. The van der Waals surface area contributed by atoms with Gasteiger partial charge in [-0.05, 0) is 38.8 Å². The quantitative estimate of drug-likeness (QED) is 0.237. The first-order valence-electron chi connectivity index (χ1n) is 17.0. The van der Waals surface area contributed by atoms with E-state index in [0.29, 0.717) is 78.8 Å². The van der Waals surface area contributed by atoms with E-state index in [-0.39, 0.29) is 25.4 Å². The van der Waals surface area contributed by atoms with E-state index < -0.39 is 15.2 Å². The molecule has 0 spiro atoms. The maximum atomic E-state index is 12.5. The van der Waals surface area contributed by atoms with Crippen LogP contribution in [0.4, 0.5) is 9.59 Å². The number of rotatable bonds is 12. The van der Waals surface area contributed by atoms with E-state index in [2.05, 4.69) is 10.6 Å². The molecule has 2 aromatic rings. The van der Waals surface area contributed by atoms with Crippen LogP contribution in [0.3, 0.4) is 0 Å². The van der Waals surface area contributed by atoms with Crippen molar-refractivity contribution < 1.29 is 46.3 Å². The number of hydrogen-bond donors (Lipinski definition) is 2. The molecule has 14 nitrogen and oxygen atoms in total. The van der Waals surface area contributed by atoms with Crippen LogP contribution >= 0.6 is 15.2 Å². The number of benzene rings is 2. The number of carbonyl (C=O) groups excluding carboxylic acids is 2. The smallest absolute Gasteiger partial charge is 0.410 e. The molecule has 50 heavy (non-hydrogen) atoms. The fourth-order valence-corrected chi connectivity index (χ4v) is 6.35. The minimum absolute atomic E-state index is 0.261. The second-order valence-corrected chi connectivity index (χ2v) is 14.9. The van der Waals surface area contributed by atoms with Crippen LogP contribution < -0.4 is 10.6 Å². The SMILES string of the molecule is CCOP(C)(=O)OCC.CCOP(C)(=O)OCC.O=C(OCc1ccccc1)N1CCNCCN(C(=O)OCc2ccccc2)CCNCC1. The Kier molecular flexibility index (Phi) is 24.4. The number of amides is 2. The van der Waals surface area contributed by atoms with Gasteiger partial charge in [-0.1, -0.05) is 60.7 Å². The van der Waals surface area contributed by atoms with Crippen LogP contribution in [-0.4, -0.2) is 114 Å². The lowest BCUT2D eigenvalue weighted by molar-refractivity contribution is 0.0924. The van der Waals surface area contributed by atoms with Gasteiger partial charge in [-0.2, -0.15) is 0 Å². The molecule has 0 bridgehead atoms. The lowest BCUT2D eigenvalue weighted by Gasteiger charge is -2.26. The number of nitrogens with zero attached hydrogens (tertiary/aromatic N) is 2. The molecular formula is C34H58N4O10P2. The normalized spacial score (nSPS) is 14.4. The fraction of sp³-hybridized carbons (Fsp3) is 0.588. The van der Waals surface area contributed by atoms with Gasteiger partial charge in [-0.15, -0.1) is 0 Å². The van der Waals surface area contributed by atoms with Gasteiger partial charge >= 0.3 is 27.4 Å².